The molecule has 3 rings (SSSR count). The maximum absolute atomic E-state index is 11.5. The maximum Gasteiger partial charge on any atom is 0.336 e. The van der Waals surface area contributed by atoms with Crippen LogP contribution < -0.4 is 10.4 Å². The Hall–Kier alpha value is -1.97. The molecule has 1 aliphatic rings. The molecule has 8 nitrogen and oxygen atoms in total. The first-order valence-electron chi connectivity index (χ1n) is 7.88. The van der Waals surface area contributed by atoms with Crippen LogP contribution in [0.3, 0.4) is 0 Å². The molecule has 136 valence electrons. The van der Waals surface area contributed by atoms with E-state index < -0.39 is 42.8 Å². The summed E-state index contributed by atoms with van der Waals surface area (Å²) in [6.45, 7) is 1.28. The topological polar surface area (TPSA) is 130 Å². The zero-order chi connectivity index (χ0) is 18.1. The van der Waals surface area contributed by atoms with E-state index in [2.05, 4.69) is 0 Å². The van der Waals surface area contributed by atoms with Gasteiger partial charge in [-0.25, -0.2) is 4.79 Å². The third kappa shape index (κ3) is 3.53. The third-order valence-electron chi connectivity index (χ3n) is 4.35. The first kappa shape index (κ1) is 17.8. The molecule has 1 fully saturated rings. The highest BCUT2D eigenvalue weighted by atomic mass is 16.7. The molecule has 0 spiro atoms. The molecule has 0 aliphatic carbocycles. The van der Waals surface area contributed by atoms with E-state index in [-0.39, 0.29) is 12.4 Å². The summed E-state index contributed by atoms with van der Waals surface area (Å²) in [6.07, 6.45) is -5.65. The Balaban J connectivity index is 1.86. The minimum atomic E-state index is -1.54. The number of fused-ring (bicyclic) bond motifs is 1. The molecule has 1 aliphatic heterocycles. The molecule has 1 aromatic carbocycles. The molecular formula is C17H20O8. The van der Waals surface area contributed by atoms with Crippen LogP contribution in [0.15, 0.2) is 33.5 Å². The second-order valence-corrected chi connectivity index (χ2v) is 6.14. The van der Waals surface area contributed by atoms with E-state index in [1.807, 2.05) is 0 Å². The van der Waals surface area contributed by atoms with E-state index in [9.17, 15) is 25.2 Å². The fourth-order valence-corrected chi connectivity index (χ4v) is 2.83. The molecule has 2 aromatic rings. The fraction of sp³-hybridized carbons (Fsp3) is 0.471. The van der Waals surface area contributed by atoms with Gasteiger partial charge in [0.2, 0.25) is 6.29 Å². The number of aliphatic hydroxyl groups is 4. The number of rotatable bonds is 3. The van der Waals surface area contributed by atoms with Crippen molar-refractivity contribution in [1.29, 1.82) is 0 Å². The highest BCUT2D eigenvalue weighted by Gasteiger charge is 2.41. The van der Waals surface area contributed by atoms with Crippen molar-refractivity contribution in [2.24, 2.45) is 5.92 Å². The zero-order valence-electron chi connectivity index (χ0n) is 13.5. The second-order valence-electron chi connectivity index (χ2n) is 6.14. The van der Waals surface area contributed by atoms with Crippen molar-refractivity contribution in [3.05, 3.63) is 40.2 Å². The summed E-state index contributed by atoms with van der Waals surface area (Å²) in [6, 6.07) is 6.18. The van der Waals surface area contributed by atoms with Crippen molar-refractivity contribution in [2.75, 3.05) is 13.2 Å². The van der Waals surface area contributed by atoms with E-state index in [4.69, 9.17) is 13.9 Å². The van der Waals surface area contributed by atoms with Crippen molar-refractivity contribution in [3.63, 3.8) is 0 Å². The maximum atomic E-state index is 11.5. The molecule has 25 heavy (non-hydrogen) atoms. The van der Waals surface area contributed by atoms with Gasteiger partial charge in [0.15, 0.2) is 0 Å². The van der Waals surface area contributed by atoms with Gasteiger partial charge in [-0.1, -0.05) is 0 Å². The van der Waals surface area contributed by atoms with Gasteiger partial charge in [-0.05, 0) is 24.6 Å². The van der Waals surface area contributed by atoms with Crippen LogP contribution >= 0.6 is 0 Å². The number of aryl methyl sites for hydroxylation is 1. The molecule has 1 saturated heterocycles. The monoisotopic (exact) mass is 352 g/mol. The first-order chi connectivity index (χ1) is 11.9. The average molecular weight is 352 g/mol. The Morgan fingerprint density at radius 1 is 1.16 bits per heavy atom. The Morgan fingerprint density at radius 2 is 1.92 bits per heavy atom. The molecule has 0 amide bonds. The Morgan fingerprint density at radius 3 is 2.64 bits per heavy atom. The molecule has 5 atom stereocenters. The van der Waals surface area contributed by atoms with Crippen LogP contribution in [-0.4, -0.2) is 58.2 Å². The van der Waals surface area contributed by atoms with Crippen LogP contribution in [0.2, 0.25) is 0 Å². The standard InChI is InChI=1S/C17H20O8/c1-8-4-13(19)25-12-5-10(2-3-11(8)12)24-17-16(22)15(21)14(20)9(6-18)7-23-17/h2-5,9,14-18,20-22H,6-7H2,1H3. The molecular weight excluding hydrogens is 332 g/mol. The van der Waals surface area contributed by atoms with Crippen LogP contribution in [0.1, 0.15) is 5.56 Å². The lowest BCUT2D eigenvalue weighted by atomic mass is 9.97. The van der Waals surface area contributed by atoms with Crippen molar-refractivity contribution < 1.29 is 34.3 Å². The lowest BCUT2D eigenvalue weighted by molar-refractivity contribution is -0.167. The van der Waals surface area contributed by atoms with E-state index >= 15 is 0 Å². The number of aliphatic hydroxyl groups excluding tert-OH is 4. The molecule has 4 N–H and O–H groups in total. The van der Waals surface area contributed by atoms with Gasteiger partial charge in [0.05, 0.1) is 19.3 Å². The minimum absolute atomic E-state index is 0.0990. The predicted molar refractivity (Wildman–Crippen MR) is 86.2 cm³/mol. The summed E-state index contributed by atoms with van der Waals surface area (Å²) in [4.78, 5) is 11.5. The van der Waals surface area contributed by atoms with Crippen molar-refractivity contribution in [1.82, 2.24) is 0 Å². The van der Waals surface area contributed by atoms with Crippen LogP contribution in [0.5, 0.6) is 5.75 Å². The SMILES string of the molecule is Cc1cc(=O)oc2cc(OC3OCC(CO)C(O)C(O)C3O)ccc12. The summed E-state index contributed by atoms with van der Waals surface area (Å²) in [7, 11) is 0. The normalized spacial score (nSPS) is 30.2. The fourth-order valence-electron chi connectivity index (χ4n) is 2.83. The molecule has 2 heterocycles. The number of ether oxygens (including phenoxy) is 2. The molecule has 0 saturated carbocycles. The highest BCUT2D eigenvalue weighted by molar-refractivity contribution is 5.81. The van der Waals surface area contributed by atoms with Gasteiger partial charge in [-0.2, -0.15) is 0 Å². The van der Waals surface area contributed by atoms with Gasteiger partial charge < -0.3 is 34.3 Å². The summed E-state index contributed by atoms with van der Waals surface area (Å²) in [5.74, 6) is -0.482. The lowest BCUT2D eigenvalue weighted by Crippen LogP contribution is -2.46. The van der Waals surface area contributed by atoms with Crippen molar-refractivity contribution in [2.45, 2.75) is 31.5 Å². The van der Waals surface area contributed by atoms with Gasteiger partial charge in [-0.15, -0.1) is 0 Å². The van der Waals surface area contributed by atoms with Gasteiger partial charge in [0.25, 0.3) is 0 Å². The minimum Gasteiger partial charge on any atom is -0.462 e. The second kappa shape index (κ2) is 7.11. The van der Waals surface area contributed by atoms with Crippen LogP contribution in [0.25, 0.3) is 11.0 Å². The molecule has 1 aromatic heterocycles. The number of hydrogen-bond donors (Lipinski definition) is 4. The van der Waals surface area contributed by atoms with Crippen LogP contribution in [0, 0.1) is 12.8 Å². The smallest absolute Gasteiger partial charge is 0.336 e. The summed E-state index contributed by atoms with van der Waals surface area (Å²) >= 11 is 0. The summed E-state index contributed by atoms with van der Waals surface area (Å²) in [5, 5.41) is 40.0. The van der Waals surface area contributed by atoms with Gasteiger partial charge >= 0.3 is 5.63 Å². The largest absolute Gasteiger partial charge is 0.462 e. The number of hydrogen-bond acceptors (Lipinski definition) is 8. The predicted octanol–water partition coefficient (Wildman–Crippen LogP) is -0.472. The summed E-state index contributed by atoms with van der Waals surface area (Å²) in [5.41, 5.74) is 0.588. The number of benzene rings is 1. The average Bonchev–Trinajstić information content (AvgIpc) is 2.67. The van der Waals surface area contributed by atoms with Gasteiger partial charge in [0.1, 0.15) is 23.5 Å². The quantitative estimate of drug-likeness (QED) is 0.546. The Kier molecular flexibility index (Phi) is 5.07. The third-order valence-corrected chi connectivity index (χ3v) is 4.35. The van der Waals surface area contributed by atoms with E-state index in [1.54, 1.807) is 19.1 Å². The zero-order valence-corrected chi connectivity index (χ0v) is 13.5. The van der Waals surface area contributed by atoms with Crippen molar-refractivity contribution in [3.8, 4) is 5.75 Å². The first-order valence-corrected chi connectivity index (χ1v) is 7.88. The summed E-state index contributed by atoms with van der Waals surface area (Å²) < 4.78 is 16.1. The van der Waals surface area contributed by atoms with E-state index in [0.29, 0.717) is 5.58 Å². The molecule has 5 unspecified atom stereocenters. The van der Waals surface area contributed by atoms with E-state index in [1.165, 1.54) is 12.1 Å². The molecule has 8 heteroatoms. The Labute approximate surface area is 142 Å². The van der Waals surface area contributed by atoms with Gasteiger partial charge in [-0.3, -0.25) is 0 Å². The molecule has 0 radical (unpaired) electrons. The van der Waals surface area contributed by atoms with Gasteiger partial charge in [0, 0.05) is 23.4 Å². The lowest BCUT2D eigenvalue weighted by Gasteiger charge is -2.26. The van der Waals surface area contributed by atoms with Crippen LogP contribution in [-0.2, 0) is 4.74 Å². The van der Waals surface area contributed by atoms with Crippen molar-refractivity contribution >= 4 is 11.0 Å². The molecule has 0 bridgehead atoms. The highest BCUT2D eigenvalue weighted by Crippen LogP contribution is 2.26. The Bertz CT molecular complexity index is 801. The van der Waals surface area contributed by atoms with E-state index in [0.717, 1.165) is 10.9 Å². The van der Waals surface area contributed by atoms with Crippen LogP contribution in [0.4, 0.5) is 0 Å².